The highest BCUT2D eigenvalue weighted by atomic mass is 16.5. The van der Waals surface area contributed by atoms with Crippen LogP contribution in [-0.2, 0) is 9.53 Å². The first-order valence-corrected chi connectivity index (χ1v) is 5.60. The van der Waals surface area contributed by atoms with Crippen molar-refractivity contribution in [3.8, 4) is 0 Å². The molecule has 0 aliphatic carbocycles. The number of nitrogens with zero attached hydrogens (tertiary/aromatic N) is 4. The minimum Gasteiger partial charge on any atom is -0.450 e. The third-order valence-corrected chi connectivity index (χ3v) is 2.41. The molecule has 8 heteroatoms. The molecule has 1 N–H and O–H groups in total. The molecule has 2 heterocycles. The molecular weight excluding hydrogens is 250 g/mol. The maximum Gasteiger partial charge on any atom is 0.378 e. The van der Waals surface area contributed by atoms with Crippen molar-refractivity contribution in [2.45, 2.75) is 13.8 Å². The summed E-state index contributed by atoms with van der Waals surface area (Å²) in [5, 5.41) is 6.33. The van der Waals surface area contributed by atoms with Crippen LogP contribution < -0.4 is 5.32 Å². The smallest absolute Gasteiger partial charge is 0.378 e. The molecule has 100 valence electrons. The summed E-state index contributed by atoms with van der Waals surface area (Å²) < 4.78 is 6.21. The molecule has 0 bridgehead atoms. The van der Waals surface area contributed by atoms with Gasteiger partial charge in [-0.2, -0.15) is 4.98 Å². The van der Waals surface area contributed by atoms with Crippen LogP contribution in [0.3, 0.4) is 0 Å². The van der Waals surface area contributed by atoms with Crippen molar-refractivity contribution >= 4 is 17.7 Å². The molecule has 0 fully saturated rings. The van der Waals surface area contributed by atoms with Crippen LogP contribution in [0.2, 0.25) is 0 Å². The summed E-state index contributed by atoms with van der Waals surface area (Å²) in [6.45, 7) is 3.29. The lowest BCUT2D eigenvalue weighted by molar-refractivity contribution is -0.123. The third kappa shape index (κ3) is 2.67. The van der Waals surface area contributed by atoms with Crippen LogP contribution >= 0.6 is 0 Å². The molecule has 1 amide bonds. The van der Waals surface area contributed by atoms with Gasteiger partial charge in [-0.25, -0.2) is 14.3 Å². The summed E-state index contributed by atoms with van der Waals surface area (Å²) in [7, 11) is 1.45. The average Bonchev–Trinajstić information content (AvgIpc) is 2.79. The number of carbonyl (C=O) groups excluding carboxylic acids is 2. The largest absolute Gasteiger partial charge is 0.450 e. The van der Waals surface area contributed by atoms with Gasteiger partial charge in [0.15, 0.2) is 6.61 Å². The Morgan fingerprint density at radius 1 is 1.37 bits per heavy atom. The van der Waals surface area contributed by atoms with E-state index in [0.717, 1.165) is 11.4 Å². The predicted molar refractivity (Wildman–Crippen MR) is 64.6 cm³/mol. The maximum atomic E-state index is 11.7. The Morgan fingerprint density at radius 3 is 2.79 bits per heavy atom. The summed E-state index contributed by atoms with van der Waals surface area (Å²) in [5.41, 5.74) is 1.59. The van der Waals surface area contributed by atoms with Crippen molar-refractivity contribution < 1.29 is 14.3 Å². The fourth-order valence-electron chi connectivity index (χ4n) is 1.52. The van der Waals surface area contributed by atoms with Crippen molar-refractivity contribution in [1.29, 1.82) is 0 Å². The number of hydrogen-bond acceptors (Lipinski definition) is 6. The summed E-state index contributed by atoms with van der Waals surface area (Å²) in [6, 6.07) is 1.82. The molecule has 2 aromatic rings. The van der Waals surface area contributed by atoms with E-state index in [1.54, 1.807) is 0 Å². The SMILES string of the molecule is CNC(=O)COC(=O)c1nc2nc(C)cc(C)n2n1. The molecule has 0 aromatic carbocycles. The lowest BCUT2D eigenvalue weighted by Gasteiger charge is -1.99. The zero-order valence-corrected chi connectivity index (χ0v) is 10.8. The van der Waals surface area contributed by atoms with Crippen LogP contribution in [0, 0.1) is 13.8 Å². The van der Waals surface area contributed by atoms with Gasteiger partial charge >= 0.3 is 5.97 Å². The third-order valence-electron chi connectivity index (χ3n) is 2.41. The number of ether oxygens (including phenoxy) is 1. The van der Waals surface area contributed by atoms with E-state index in [-0.39, 0.29) is 12.4 Å². The molecule has 0 aliphatic rings. The van der Waals surface area contributed by atoms with Crippen molar-refractivity contribution in [2.24, 2.45) is 0 Å². The molecule has 2 aromatic heterocycles. The zero-order valence-electron chi connectivity index (χ0n) is 10.8. The number of carbonyl (C=O) groups is 2. The lowest BCUT2D eigenvalue weighted by Crippen LogP contribution is -2.25. The molecule has 0 spiro atoms. The normalized spacial score (nSPS) is 10.5. The lowest BCUT2D eigenvalue weighted by atomic mass is 10.4. The topological polar surface area (TPSA) is 98.5 Å². The molecule has 0 saturated carbocycles. The maximum absolute atomic E-state index is 11.7. The van der Waals surface area contributed by atoms with Crippen LogP contribution in [-0.4, -0.2) is 45.1 Å². The van der Waals surface area contributed by atoms with Crippen LogP contribution in [0.15, 0.2) is 6.07 Å². The first-order chi connectivity index (χ1) is 9.01. The highest BCUT2D eigenvalue weighted by Crippen LogP contribution is 2.06. The van der Waals surface area contributed by atoms with E-state index < -0.39 is 11.9 Å². The van der Waals surface area contributed by atoms with Gasteiger partial charge in [0.2, 0.25) is 0 Å². The molecule has 0 aliphatic heterocycles. The highest BCUT2D eigenvalue weighted by Gasteiger charge is 2.17. The number of likely N-dealkylation sites (N-methyl/N-ethyl adjacent to an activating group) is 1. The van der Waals surface area contributed by atoms with Crippen molar-refractivity contribution in [3.05, 3.63) is 23.3 Å². The Kier molecular flexibility index (Phi) is 3.41. The number of hydrogen-bond donors (Lipinski definition) is 1. The number of amides is 1. The Morgan fingerprint density at radius 2 is 2.11 bits per heavy atom. The number of nitrogens with one attached hydrogen (secondary N) is 1. The Hall–Kier alpha value is -2.51. The zero-order chi connectivity index (χ0) is 14.0. The van der Waals surface area contributed by atoms with Crippen molar-refractivity contribution in [3.63, 3.8) is 0 Å². The Balaban J connectivity index is 2.24. The minimum atomic E-state index is -0.758. The quantitative estimate of drug-likeness (QED) is 0.759. The molecule has 19 heavy (non-hydrogen) atoms. The van der Waals surface area contributed by atoms with E-state index >= 15 is 0 Å². The molecular formula is C11H13N5O3. The second kappa shape index (κ2) is 5.01. The van der Waals surface area contributed by atoms with Crippen LogP contribution in [0.25, 0.3) is 5.78 Å². The molecule has 8 nitrogen and oxygen atoms in total. The fourth-order valence-corrected chi connectivity index (χ4v) is 1.52. The number of aromatic nitrogens is 4. The van der Waals surface area contributed by atoms with Gasteiger partial charge in [-0.15, -0.1) is 5.10 Å². The number of fused-ring (bicyclic) bond motifs is 1. The van der Waals surface area contributed by atoms with E-state index in [1.807, 2.05) is 19.9 Å². The average molecular weight is 263 g/mol. The molecule has 2 rings (SSSR count). The van der Waals surface area contributed by atoms with E-state index in [4.69, 9.17) is 4.74 Å². The Bertz CT molecular complexity index is 649. The second-order valence-electron chi connectivity index (χ2n) is 3.94. The predicted octanol–water partition coefficient (Wildman–Crippen LogP) is -0.356. The summed E-state index contributed by atoms with van der Waals surface area (Å²) >= 11 is 0. The number of rotatable bonds is 3. The van der Waals surface area contributed by atoms with Crippen LogP contribution in [0.4, 0.5) is 0 Å². The minimum absolute atomic E-state index is 0.120. The number of esters is 1. The monoisotopic (exact) mass is 263 g/mol. The molecule has 0 unspecified atom stereocenters. The first-order valence-electron chi connectivity index (χ1n) is 5.60. The first kappa shape index (κ1) is 12.9. The van der Waals surface area contributed by atoms with Gasteiger partial charge in [0.25, 0.3) is 17.5 Å². The summed E-state index contributed by atoms with van der Waals surface area (Å²) in [6.07, 6.45) is 0. The van der Waals surface area contributed by atoms with E-state index in [9.17, 15) is 9.59 Å². The second-order valence-corrected chi connectivity index (χ2v) is 3.94. The van der Waals surface area contributed by atoms with E-state index in [0.29, 0.717) is 5.78 Å². The van der Waals surface area contributed by atoms with Gasteiger partial charge in [-0.3, -0.25) is 4.79 Å². The van der Waals surface area contributed by atoms with Crippen LogP contribution in [0.1, 0.15) is 22.0 Å². The van der Waals surface area contributed by atoms with E-state index in [1.165, 1.54) is 11.6 Å². The van der Waals surface area contributed by atoms with Gasteiger partial charge < -0.3 is 10.1 Å². The van der Waals surface area contributed by atoms with E-state index in [2.05, 4.69) is 20.4 Å². The fraction of sp³-hybridized carbons (Fsp3) is 0.364. The van der Waals surface area contributed by atoms with Gasteiger partial charge in [-0.1, -0.05) is 0 Å². The standard InChI is InChI=1S/C11H13N5O3/c1-6-4-7(2)16-11(13-6)14-9(15-16)10(18)19-5-8(17)12-3/h4H,5H2,1-3H3,(H,12,17). The highest BCUT2D eigenvalue weighted by molar-refractivity contribution is 5.88. The summed E-state index contributed by atoms with van der Waals surface area (Å²) in [4.78, 5) is 30.8. The van der Waals surface area contributed by atoms with Crippen molar-refractivity contribution in [1.82, 2.24) is 24.9 Å². The molecule has 0 atom stereocenters. The summed E-state index contributed by atoms with van der Waals surface area (Å²) in [5.74, 6) is -0.956. The van der Waals surface area contributed by atoms with Gasteiger partial charge in [-0.05, 0) is 19.9 Å². The van der Waals surface area contributed by atoms with Crippen LogP contribution in [0.5, 0.6) is 0 Å². The number of aryl methyl sites for hydroxylation is 2. The van der Waals surface area contributed by atoms with Gasteiger partial charge in [0.05, 0.1) is 0 Å². The molecule has 0 radical (unpaired) electrons. The molecule has 0 saturated heterocycles. The Labute approximate surface area is 108 Å². The van der Waals surface area contributed by atoms with Gasteiger partial charge in [0.1, 0.15) is 0 Å². The van der Waals surface area contributed by atoms with Crippen molar-refractivity contribution in [2.75, 3.05) is 13.7 Å². The van der Waals surface area contributed by atoms with Gasteiger partial charge in [0, 0.05) is 18.4 Å².